The predicted molar refractivity (Wildman–Crippen MR) is 92.0 cm³/mol. The zero-order chi connectivity index (χ0) is 19.1. The Morgan fingerprint density at radius 1 is 0.885 bits per heavy atom. The SMILES string of the molecule is NC(N)=NN=C(/C=C\c1ccc([N+](=O)[O-])o1)/C=C/c1ccc([N+](=O)[O-])o1. The van der Waals surface area contributed by atoms with Gasteiger partial charge in [-0.3, -0.25) is 20.2 Å². The molecular weight excluding hydrogens is 348 g/mol. The van der Waals surface area contributed by atoms with Crippen LogP contribution in [-0.2, 0) is 0 Å². The summed E-state index contributed by atoms with van der Waals surface area (Å²) in [5, 5.41) is 28.4. The second-order valence-corrected chi connectivity index (χ2v) is 4.58. The van der Waals surface area contributed by atoms with Gasteiger partial charge in [0, 0.05) is 0 Å². The maximum atomic E-state index is 10.6. The lowest BCUT2D eigenvalue weighted by Crippen LogP contribution is -2.22. The van der Waals surface area contributed by atoms with Gasteiger partial charge in [-0.05, 0) is 36.4 Å². The summed E-state index contributed by atoms with van der Waals surface area (Å²) in [6.45, 7) is 0. The van der Waals surface area contributed by atoms with Crippen molar-refractivity contribution in [3.8, 4) is 0 Å². The number of furan rings is 2. The molecule has 12 heteroatoms. The van der Waals surface area contributed by atoms with E-state index in [-0.39, 0.29) is 23.2 Å². The third kappa shape index (κ3) is 5.16. The molecule has 12 nitrogen and oxygen atoms in total. The van der Waals surface area contributed by atoms with Gasteiger partial charge < -0.3 is 20.3 Å². The minimum atomic E-state index is -0.671. The van der Waals surface area contributed by atoms with E-state index in [2.05, 4.69) is 10.2 Å². The Labute approximate surface area is 145 Å². The molecule has 0 aromatic carbocycles. The first-order valence-corrected chi connectivity index (χ1v) is 6.86. The van der Waals surface area contributed by atoms with Gasteiger partial charge in [-0.15, -0.1) is 10.2 Å². The fourth-order valence-electron chi connectivity index (χ4n) is 1.63. The van der Waals surface area contributed by atoms with Gasteiger partial charge in [0.1, 0.15) is 21.4 Å². The van der Waals surface area contributed by atoms with Gasteiger partial charge in [0.2, 0.25) is 5.96 Å². The predicted octanol–water partition coefficient (Wildman–Crippen LogP) is 2.04. The molecule has 2 aromatic heterocycles. The monoisotopic (exact) mass is 360 g/mol. The second-order valence-electron chi connectivity index (χ2n) is 4.58. The molecule has 0 radical (unpaired) electrons. The maximum Gasteiger partial charge on any atom is 0.433 e. The van der Waals surface area contributed by atoms with E-state index in [1.807, 2.05) is 0 Å². The van der Waals surface area contributed by atoms with Gasteiger partial charge in [-0.1, -0.05) is 0 Å². The van der Waals surface area contributed by atoms with Crippen LogP contribution in [0, 0.1) is 20.2 Å². The molecule has 2 heterocycles. The van der Waals surface area contributed by atoms with E-state index in [9.17, 15) is 20.2 Å². The lowest BCUT2D eigenvalue weighted by atomic mass is 10.2. The summed E-state index contributed by atoms with van der Waals surface area (Å²) < 4.78 is 9.94. The van der Waals surface area contributed by atoms with Gasteiger partial charge in [0.25, 0.3) is 0 Å². The van der Waals surface area contributed by atoms with Gasteiger partial charge in [-0.2, -0.15) is 0 Å². The fraction of sp³-hybridized carbons (Fsp3) is 0. The molecule has 26 heavy (non-hydrogen) atoms. The highest BCUT2D eigenvalue weighted by Crippen LogP contribution is 2.18. The van der Waals surface area contributed by atoms with Crippen LogP contribution in [0.5, 0.6) is 0 Å². The molecule has 134 valence electrons. The summed E-state index contributed by atoms with van der Waals surface area (Å²) in [6.07, 6.45) is 5.65. The normalized spacial score (nSPS) is 11.9. The number of guanidine groups is 1. The van der Waals surface area contributed by atoms with Crippen molar-refractivity contribution in [2.24, 2.45) is 21.7 Å². The van der Waals surface area contributed by atoms with Crippen molar-refractivity contribution in [3.05, 3.63) is 68.2 Å². The summed E-state index contributed by atoms with van der Waals surface area (Å²) in [7, 11) is 0. The van der Waals surface area contributed by atoms with Crippen LogP contribution in [0.15, 0.2) is 55.5 Å². The van der Waals surface area contributed by atoms with E-state index in [0.29, 0.717) is 0 Å². The maximum absolute atomic E-state index is 10.6. The molecule has 0 aliphatic carbocycles. The van der Waals surface area contributed by atoms with Crippen molar-refractivity contribution < 1.29 is 18.7 Å². The molecule has 0 fully saturated rings. The van der Waals surface area contributed by atoms with Gasteiger partial charge >= 0.3 is 11.8 Å². The standard InChI is InChI=1S/C14H12N6O6/c15-14(16)18-17-9(1-3-10-5-7-12(25-10)19(21)22)2-4-11-6-8-13(26-11)20(23)24/h1-8H,(H4,15,16,18)/b3-1-,4-2+,17-9?. The summed E-state index contributed by atoms with van der Waals surface area (Å²) in [5.74, 6) is -0.699. The Morgan fingerprint density at radius 2 is 1.35 bits per heavy atom. The van der Waals surface area contributed by atoms with E-state index >= 15 is 0 Å². The quantitative estimate of drug-likeness (QED) is 0.324. The van der Waals surface area contributed by atoms with E-state index in [0.717, 1.165) is 0 Å². The fourth-order valence-corrected chi connectivity index (χ4v) is 1.63. The Hall–Kier alpha value is -4.22. The summed E-state index contributed by atoms with van der Waals surface area (Å²) in [5.41, 5.74) is 10.6. The first kappa shape index (κ1) is 18.1. The number of hydrogen-bond acceptors (Lipinski definition) is 8. The van der Waals surface area contributed by atoms with E-state index in [1.54, 1.807) is 0 Å². The molecule has 2 rings (SSSR count). The molecule has 0 unspecified atom stereocenters. The van der Waals surface area contributed by atoms with E-state index < -0.39 is 21.6 Å². The van der Waals surface area contributed by atoms with Crippen molar-refractivity contribution in [1.29, 1.82) is 0 Å². The average Bonchev–Trinajstić information content (AvgIpc) is 3.23. The van der Waals surface area contributed by atoms with E-state index in [1.165, 1.54) is 48.6 Å². The molecule has 0 saturated carbocycles. The third-order valence-corrected chi connectivity index (χ3v) is 2.70. The lowest BCUT2D eigenvalue weighted by molar-refractivity contribution is -0.402. The van der Waals surface area contributed by atoms with Crippen LogP contribution >= 0.6 is 0 Å². The van der Waals surface area contributed by atoms with Crippen LogP contribution in [-0.4, -0.2) is 21.5 Å². The minimum absolute atomic E-state index is 0.205. The lowest BCUT2D eigenvalue weighted by Gasteiger charge is -1.91. The zero-order valence-corrected chi connectivity index (χ0v) is 13.0. The first-order chi connectivity index (χ1) is 12.3. The molecule has 0 spiro atoms. The van der Waals surface area contributed by atoms with Crippen molar-refractivity contribution >= 4 is 35.6 Å². The number of nitrogens with two attached hydrogens (primary N) is 2. The Kier molecular flexibility index (Phi) is 5.61. The van der Waals surface area contributed by atoms with Gasteiger partial charge in [0.05, 0.1) is 17.8 Å². The molecule has 4 N–H and O–H groups in total. The van der Waals surface area contributed by atoms with Crippen LogP contribution in [0.4, 0.5) is 11.8 Å². The molecule has 0 saturated heterocycles. The number of nitrogens with zero attached hydrogens (tertiary/aromatic N) is 4. The van der Waals surface area contributed by atoms with Crippen LogP contribution < -0.4 is 11.5 Å². The molecule has 0 atom stereocenters. The zero-order valence-electron chi connectivity index (χ0n) is 13.0. The summed E-state index contributed by atoms with van der Waals surface area (Å²) >= 11 is 0. The summed E-state index contributed by atoms with van der Waals surface area (Å²) in [4.78, 5) is 19.8. The molecule has 0 amide bonds. The number of rotatable bonds is 7. The molecule has 2 aromatic rings. The topological polar surface area (TPSA) is 189 Å². The highest BCUT2D eigenvalue weighted by molar-refractivity contribution is 6.08. The van der Waals surface area contributed by atoms with Crippen LogP contribution in [0.1, 0.15) is 11.5 Å². The van der Waals surface area contributed by atoms with Crippen LogP contribution in [0.3, 0.4) is 0 Å². The number of hydrogen-bond donors (Lipinski definition) is 2. The average molecular weight is 360 g/mol. The van der Waals surface area contributed by atoms with E-state index in [4.69, 9.17) is 20.3 Å². The largest absolute Gasteiger partial charge is 0.433 e. The highest BCUT2D eigenvalue weighted by atomic mass is 16.7. The Morgan fingerprint density at radius 3 is 1.69 bits per heavy atom. The van der Waals surface area contributed by atoms with Crippen molar-refractivity contribution in [1.82, 2.24) is 0 Å². The second kappa shape index (κ2) is 8.05. The number of nitro groups is 2. The van der Waals surface area contributed by atoms with Crippen LogP contribution in [0.25, 0.3) is 12.2 Å². The van der Waals surface area contributed by atoms with Crippen molar-refractivity contribution in [3.63, 3.8) is 0 Å². The minimum Gasteiger partial charge on any atom is -0.401 e. The van der Waals surface area contributed by atoms with Gasteiger partial charge in [-0.25, -0.2) is 0 Å². The number of allylic oxidation sites excluding steroid dienone is 2. The van der Waals surface area contributed by atoms with Crippen LogP contribution in [0.2, 0.25) is 0 Å². The van der Waals surface area contributed by atoms with Crippen molar-refractivity contribution in [2.45, 2.75) is 0 Å². The molecule has 0 bridgehead atoms. The molecule has 0 aliphatic heterocycles. The third-order valence-electron chi connectivity index (χ3n) is 2.70. The molecule has 0 aliphatic rings. The summed E-state index contributed by atoms with van der Waals surface area (Å²) in [6, 6.07) is 5.19. The Bertz CT molecular complexity index is 867. The first-order valence-electron chi connectivity index (χ1n) is 6.86. The van der Waals surface area contributed by atoms with Gasteiger partial charge in [0.15, 0.2) is 0 Å². The van der Waals surface area contributed by atoms with Crippen molar-refractivity contribution in [2.75, 3.05) is 0 Å². The highest BCUT2D eigenvalue weighted by Gasteiger charge is 2.11. The smallest absolute Gasteiger partial charge is 0.401 e. The molecular formula is C14H12N6O6. The Balaban J connectivity index is 2.22.